The average Bonchev–Trinajstić information content (AvgIpc) is 2.82. The van der Waals surface area contributed by atoms with E-state index in [1.54, 1.807) is 37.3 Å². The second-order valence-electron chi connectivity index (χ2n) is 5.23. The molecule has 2 N–H and O–H groups in total. The van der Waals surface area contributed by atoms with Crippen molar-refractivity contribution in [1.29, 1.82) is 5.26 Å². The molecule has 1 aliphatic heterocycles. The van der Waals surface area contributed by atoms with Crippen LogP contribution in [0.15, 0.2) is 47.4 Å². The zero-order valence-corrected chi connectivity index (χ0v) is 13.0. The van der Waals surface area contributed by atoms with Crippen molar-refractivity contribution in [3.63, 3.8) is 0 Å². The smallest absolute Gasteiger partial charge is 0.263 e. The lowest BCUT2D eigenvalue weighted by atomic mass is 10.0. The number of nitrogens with one attached hydrogen (secondary N) is 2. The Kier molecular flexibility index (Phi) is 3.54. The topological polar surface area (TPSA) is 99.1 Å². The first-order chi connectivity index (χ1) is 10.9. The largest absolute Gasteiger partial charge is 0.325 e. The van der Waals surface area contributed by atoms with Crippen molar-refractivity contribution in [2.45, 2.75) is 17.7 Å². The Morgan fingerprint density at radius 3 is 2.70 bits per heavy atom. The number of fused-ring (bicyclic) bond motifs is 1. The van der Waals surface area contributed by atoms with Gasteiger partial charge in [0.1, 0.15) is 11.0 Å². The van der Waals surface area contributed by atoms with Gasteiger partial charge in [0.2, 0.25) is 5.91 Å². The minimum atomic E-state index is -3.88. The lowest BCUT2D eigenvalue weighted by Crippen LogP contribution is -2.14. The Bertz CT molecular complexity index is 945. The highest BCUT2D eigenvalue weighted by molar-refractivity contribution is 7.92. The van der Waals surface area contributed by atoms with Gasteiger partial charge in [-0.25, -0.2) is 8.42 Å². The van der Waals surface area contributed by atoms with Crippen molar-refractivity contribution in [3.8, 4) is 6.07 Å². The zero-order valence-electron chi connectivity index (χ0n) is 12.2. The van der Waals surface area contributed by atoms with Crippen LogP contribution in [0.3, 0.4) is 0 Å². The van der Waals surface area contributed by atoms with Gasteiger partial charge in [-0.2, -0.15) is 5.26 Å². The highest BCUT2D eigenvalue weighted by Crippen LogP contribution is 2.34. The van der Waals surface area contributed by atoms with Crippen molar-refractivity contribution < 1.29 is 13.2 Å². The quantitative estimate of drug-likeness (QED) is 0.904. The fourth-order valence-electron chi connectivity index (χ4n) is 2.48. The summed E-state index contributed by atoms with van der Waals surface area (Å²) in [5.41, 5.74) is 1.85. The number of hydrogen-bond donors (Lipinski definition) is 2. The molecule has 1 unspecified atom stereocenters. The molecule has 1 heterocycles. The van der Waals surface area contributed by atoms with Gasteiger partial charge in [0.15, 0.2) is 0 Å². The molecule has 0 spiro atoms. The Labute approximate surface area is 133 Å². The third-order valence-electron chi connectivity index (χ3n) is 3.72. The molecule has 23 heavy (non-hydrogen) atoms. The van der Waals surface area contributed by atoms with Crippen molar-refractivity contribution >= 4 is 27.3 Å². The number of sulfonamides is 1. The summed E-state index contributed by atoms with van der Waals surface area (Å²) in [4.78, 5) is 11.6. The third-order valence-corrected chi connectivity index (χ3v) is 5.16. The predicted octanol–water partition coefficient (Wildman–Crippen LogP) is 2.41. The Morgan fingerprint density at radius 2 is 1.96 bits per heavy atom. The van der Waals surface area contributed by atoms with E-state index in [-0.39, 0.29) is 22.3 Å². The standard InChI is InChI=1S/C16H13N3O3S/c1-10-13-8-12(6-7-14(13)18-16(10)20)19-23(21,22)15-5-3-2-4-11(15)9-17/h2-8,10,19H,1H3,(H,18,20). The maximum atomic E-state index is 12.5. The van der Waals surface area contributed by atoms with Crippen LogP contribution >= 0.6 is 0 Å². The normalized spacial score (nSPS) is 16.3. The van der Waals surface area contributed by atoms with Gasteiger partial charge in [0.05, 0.1) is 11.5 Å². The first-order valence-electron chi connectivity index (χ1n) is 6.89. The van der Waals surface area contributed by atoms with Crippen LogP contribution in [0.25, 0.3) is 0 Å². The van der Waals surface area contributed by atoms with Gasteiger partial charge in [-0.05, 0) is 42.8 Å². The Morgan fingerprint density at radius 1 is 1.22 bits per heavy atom. The summed E-state index contributed by atoms with van der Waals surface area (Å²) in [6.45, 7) is 1.75. The molecule has 6 nitrogen and oxygen atoms in total. The first kappa shape index (κ1) is 15.1. The van der Waals surface area contributed by atoms with Gasteiger partial charge in [-0.3, -0.25) is 9.52 Å². The number of nitriles is 1. The molecule has 0 saturated carbocycles. The van der Waals surface area contributed by atoms with E-state index in [2.05, 4.69) is 10.0 Å². The molecule has 3 rings (SSSR count). The number of hydrogen-bond acceptors (Lipinski definition) is 4. The van der Waals surface area contributed by atoms with Gasteiger partial charge in [-0.15, -0.1) is 0 Å². The lowest BCUT2D eigenvalue weighted by Gasteiger charge is -2.11. The van der Waals surface area contributed by atoms with E-state index in [4.69, 9.17) is 5.26 Å². The van der Waals surface area contributed by atoms with Crippen LogP contribution in [0.1, 0.15) is 24.0 Å². The Balaban J connectivity index is 1.97. The monoisotopic (exact) mass is 327 g/mol. The molecule has 0 radical (unpaired) electrons. The molecule has 0 aromatic heterocycles. The zero-order chi connectivity index (χ0) is 16.6. The Hall–Kier alpha value is -2.85. The van der Waals surface area contributed by atoms with Crippen molar-refractivity contribution in [2.75, 3.05) is 10.0 Å². The third kappa shape index (κ3) is 2.64. The number of carbonyl (C=O) groups excluding carboxylic acids is 1. The maximum absolute atomic E-state index is 12.5. The first-order valence-corrected chi connectivity index (χ1v) is 8.37. The van der Waals surface area contributed by atoms with Crippen molar-refractivity contribution in [1.82, 2.24) is 0 Å². The number of rotatable bonds is 3. The van der Waals surface area contributed by atoms with E-state index in [9.17, 15) is 13.2 Å². The van der Waals surface area contributed by atoms with E-state index in [1.165, 1.54) is 12.1 Å². The van der Waals surface area contributed by atoms with Gasteiger partial charge >= 0.3 is 0 Å². The molecule has 2 aromatic carbocycles. The summed E-state index contributed by atoms with van der Waals surface area (Å²) < 4.78 is 27.4. The van der Waals surface area contributed by atoms with Crippen LogP contribution in [-0.4, -0.2) is 14.3 Å². The highest BCUT2D eigenvalue weighted by atomic mass is 32.2. The minimum absolute atomic E-state index is 0.0753. The number of nitrogens with zero attached hydrogens (tertiary/aromatic N) is 1. The van der Waals surface area contributed by atoms with E-state index in [0.717, 1.165) is 5.56 Å². The summed E-state index contributed by atoms with van der Waals surface area (Å²) in [7, 11) is -3.88. The molecule has 2 aromatic rings. The number of amides is 1. The maximum Gasteiger partial charge on any atom is 0.263 e. The molecule has 116 valence electrons. The highest BCUT2D eigenvalue weighted by Gasteiger charge is 2.27. The molecule has 1 aliphatic rings. The van der Waals surface area contributed by atoms with E-state index in [1.807, 2.05) is 6.07 Å². The van der Waals surface area contributed by atoms with E-state index >= 15 is 0 Å². The minimum Gasteiger partial charge on any atom is -0.325 e. The fraction of sp³-hybridized carbons (Fsp3) is 0.125. The molecule has 0 fully saturated rings. The van der Waals surface area contributed by atoms with Gasteiger partial charge in [0.25, 0.3) is 10.0 Å². The summed E-state index contributed by atoms with van der Waals surface area (Å²) in [6, 6.07) is 12.7. The molecule has 0 aliphatic carbocycles. The molecular formula is C16H13N3O3S. The van der Waals surface area contributed by atoms with E-state index < -0.39 is 10.0 Å². The fourth-order valence-corrected chi connectivity index (χ4v) is 3.69. The van der Waals surface area contributed by atoms with Crippen LogP contribution in [0.2, 0.25) is 0 Å². The predicted molar refractivity (Wildman–Crippen MR) is 85.5 cm³/mol. The lowest BCUT2D eigenvalue weighted by molar-refractivity contribution is -0.116. The molecular weight excluding hydrogens is 314 g/mol. The van der Waals surface area contributed by atoms with Gasteiger partial charge in [-0.1, -0.05) is 12.1 Å². The van der Waals surface area contributed by atoms with Crippen LogP contribution < -0.4 is 10.0 Å². The molecule has 1 atom stereocenters. The number of anilines is 2. The number of benzene rings is 2. The van der Waals surface area contributed by atoms with Crippen molar-refractivity contribution in [3.05, 3.63) is 53.6 Å². The van der Waals surface area contributed by atoms with E-state index in [0.29, 0.717) is 11.4 Å². The second-order valence-corrected chi connectivity index (χ2v) is 6.88. The average molecular weight is 327 g/mol. The number of carbonyl (C=O) groups is 1. The molecule has 0 bridgehead atoms. The van der Waals surface area contributed by atoms with Crippen LogP contribution in [0.5, 0.6) is 0 Å². The van der Waals surface area contributed by atoms with Gasteiger partial charge < -0.3 is 5.32 Å². The van der Waals surface area contributed by atoms with Crippen LogP contribution in [-0.2, 0) is 14.8 Å². The summed E-state index contributed by atoms with van der Waals surface area (Å²) in [5.74, 6) is -0.448. The molecule has 0 saturated heterocycles. The summed E-state index contributed by atoms with van der Waals surface area (Å²) >= 11 is 0. The second kappa shape index (κ2) is 5.41. The summed E-state index contributed by atoms with van der Waals surface area (Å²) in [5, 5.41) is 11.8. The van der Waals surface area contributed by atoms with Gasteiger partial charge in [0, 0.05) is 11.4 Å². The van der Waals surface area contributed by atoms with Crippen LogP contribution in [0.4, 0.5) is 11.4 Å². The van der Waals surface area contributed by atoms with Crippen molar-refractivity contribution in [2.24, 2.45) is 0 Å². The summed E-state index contributed by atoms with van der Waals surface area (Å²) in [6.07, 6.45) is 0. The molecule has 1 amide bonds. The SMILES string of the molecule is CC1C(=O)Nc2ccc(NS(=O)(=O)c3ccccc3C#N)cc21. The molecule has 7 heteroatoms. The van der Waals surface area contributed by atoms with Crippen LogP contribution in [0, 0.1) is 11.3 Å².